The molecule has 39 heavy (non-hydrogen) atoms. The third-order valence-electron chi connectivity index (χ3n) is 8.78. The number of amides is 1. The molecule has 1 saturated heterocycles. The topological polar surface area (TPSA) is 70.4 Å². The Morgan fingerprint density at radius 1 is 1.03 bits per heavy atom. The molecule has 2 aromatic carbocycles. The van der Waals surface area contributed by atoms with Crippen LogP contribution in [-0.4, -0.2) is 36.5 Å². The Morgan fingerprint density at radius 3 is 2.38 bits per heavy atom. The van der Waals surface area contributed by atoms with Crippen molar-refractivity contribution in [2.45, 2.75) is 89.8 Å². The molecule has 0 aromatic heterocycles. The summed E-state index contributed by atoms with van der Waals surface area (Å²) in [6.07, 6.45) is 8.86. The Labute approximate surface area is 236 Å². The SMILES string of the molecule is C=C(CCC(C)C)N(Cc1ccc([C@@H]2CCCCC2C(=O)N[C@@H](CN)c2ccccc2)cc1)C1CCNCC1. The summed E-state index contributed by atoms with van der Waals surface area (Å²) in [5.41, 5.74) is 11.0. The average Bonchev–Trinajstić information content (AvgIpc) is 2.98. The molecule has 2 fully saturated rings. The summed E-state index contributed by atoms with van der Waals surface area (Å²) < 4.78 is 0. The number of nitrogens with one attached hydrogen (secondary N) is 2. The summed E-state index contributed by atoms with van der Waals surface area (Å²) in [5, 5.41) is 6.78. The molecule has 0 bridgehead atoms. The van der Waals surface area contributed by atoms with Gasteiger partial charge in [-0.05, 0) is 80.1 Å². The minimum absolute atomic E-state index is 0.00980. The zero-order valence-electron chi connectivity index (χ0n) is 24.2. The zero-order chi connectivity index (χ0) is 27.6. The molecule has 3 atom stereocenters. The van der Waals surface area contributed by atoms with Gasteiger partial charge in [-0.15, -0.1) is 0 Å². The lowest BCUT2D eigenvalue weighted by atomic mass is 9.74. The van der Waals surface area contributed by atoms with Crippen LogP contribution in [-0.2, 0) is 11.3 Å². The third-order valence-corrected chi connectivity index (χ3v) is 8.78. The molecule has 1 unspecified atom stereocenters. The summed E-state index contributed by atoms with van der Waals surface area (Å²) in [6, 6.07) is 19.6. The maximum absolute atomic E-state index is 13.5. The highest BCUT2D eigenvalue weighted by atomic mass is 16.2. The molecule has 1 aliphatic heterocycles. The van der Waals surface area contributed by atoms with Gasteiger partial charge in [-0.2, -0.15) is 0 Å². The van der Waals surface area contributed by atoms with Crippen molar-refractivity contribution in [3.63, 3.8) is 0 Å². The van der Waals surface area contributed by atoms with Crippen LogP contribution in [0.15, 0.2) is 66.9 Å². The van der Waals surface area contributed by atoms with Crippen LogP contribution in [0.25, 0.3) is 0 Å². The molecule has 5 nitrogen and oxygen atoms in total. The van der Waals surface area contributed by atoms with Crippen LogP contribution in [0.3, 0.4) is 0 Å². The largest absolute Gasteiger partial charge is 0.368 e. The molecule has 212 valence electrons. The summed E-state index contributed by atoms with van der Waals surface area (Å²) >= 11 is 0. The Kier molecular flexibility index (Phi) is 11.0. The maximum Gasteiger partial charge on any atom is 0.224 e. The van der Waals surface area contributed by atoms with E-state index < -0.39 is 0 Å². The predicted octanol–water partition coefficient (Wildman–Crippen LogP) is 6.28. The first-order valence-electron chi connectivity index (χ1n) is 15.3. The summed E-state index contributed by atoms with van der Waals surface area (Å²) in [7, 11) is 0. The second kappa shape index (κ2) is 14.7. The number of carbonyl (C=O) groups is 1. The summed E-state index contributed by atoms with van der Waals surface area (Å²) in [4.78, 5) is 16.1. The fraction of sp³-hybridized carbons (Fsp3) is 0.559. The van der Waals surface area contributed by atoms with Gasteiger partial charge >= 0.3 is 0 Å². The van der Waals surface area contributed by atoms with Gasteiger partial charge in [0.05, 0.1) is 6.04 Å². The van der Waals surface area contributed by atoms with Crippen LogP contribution in [0.4, 0.5) is 0 Å². The van der Waals surface area contributed by atoms with Crippen molar-refractivity contribution in [1.82, 2.24) is 15.5 Å². The Balaban J connectivity index is 1.44. The zero-order valence-corrected chi connectivity index (χ0v) is 24.2. The highest BCUT2D eigenvalue weighted by Crippen LogP contribution is 2.38. The van der Waals surface area contributed by atoms with Crippen molar-refractivity contribution in [2.75, 3.05) is 19.6 Å². The van der Waals surface area contributed by atoms with Crippen molar-refractivity contribution < 1.29 is 4.79 Å². The van der Waals surface area contributed by atoms with E-state index in [2.05, 4.69) is 60.2 Å². The van der Waals surface area contributed by atoms with E-state index in [4.69, 9.17) is 5.73 Å². The summed E-state index contributed by atoms with van der Waals surface area (Å²) in [5.74, 6) is 1.07. The smallest absolute Gasteiger partial charge is 0.224 e. The fourth-order valence-corrected chi connectivity index (χ4v) is 6.37. The van der Waals surface area contributed by atoms with E-state index in [-0.39, 0.29) is 23.8 Å². The van der Waals surface area contributed by atoms with Crippen molar-refractivity contribution in [3.8, 4) is 0 Å². The predicted molar refractivity (Wildman–Crippen MR) is 162 cm³/mol. The monoisotopic (exact) mass is 530 g/mol. The first kappa shape index (κ1) is 29.4. The molecule has 1 amide bonds. The van der Waals surface area contributed by atoms with Crippen molar-refractivity contribution in [1.29, 1.82) is 0 Å². The number of hydrogen-bond acceptors (Lipinski definition) is 4. The number of nitrogens with two attached hydrogens (primary N) is 1. The second-order valence-electron chi connectivity index (χ2n) is 12.1. The number of rotatable bonds is 12. The highest BCUT2D eigenvalue weighted by Gasteiger charge is 2.33. The molecule has 1 aliphatic carbocycles. The minimum atomic E-state index is -0.145. The molecular weight excluding hydrogens is 480 g/mol. The van der Waals surface area contributed by atoms with E-state index in [9.17, 15) is 4.79 Å². The molecule has 5 heteroatoms. The molecule has 2 aromatic rings. The van der Waals surface area contributed by atoms with Gasteiger partial charge in [0.1, 0.15) is 0 Å². The van der Waals surface area contributed by atoms with Crippen LogP contribution < -0.4 is 16.4 Å². The van der Waals surface area contributed by atoms with Gasteiger partial charge in [0, 0.05) is 30.7 Å². The van der Waals surface area contributed by atoms with Gasteiger partial charge in [-0.3, -0.25) is 4.79 Å². The molecule has 4 rings (SSSR count). The highest BCUT2D eigenvalue weighted by molar-refractivity contribution is 5.80. The quantitative estimate of drug-likeness (QED) is 0.302. The average molecular weight is 531 g/mol. The first-order valence-corrected chi connectivity index (χ1v) is 15.3. The number of carbonyl (C=O) groups excluding carboxylic acids is 1. The van der Waals surface area contributed by atoms with Gasteiger partial charge in [-0.1, -0.05) is 87.9 Å². The first-order chi connectivity index (χ1) is 19.0. The minimum Gasteiger partial charge on any atom is -0.368 e. The lowest BCUT2D eigenvalue weighted by molar-refractivity contribution is -0.127. The van der Waals surface area contributed by atoms with E-state index in [0.29, 0.717) is 18.5 Å². The van der Waals surface area contributed by atoms with E-state index in [0.717, 1.165) is 50.9 Å². The standard InChI is InChI=1S/C34H50N4O/c1-25(2)13-14-26(3)38(30-19-21-36-22-20-30)24-27-15-17-28(18-16-27)31-11-7-8-12-32(31)34(39)37-33(23-35)29-9-5-4-6-10-29/h4-6,9-10,15-18,25,30-33,36H,3,7-8,11-14,19-24,35H2,1-2H3,(H,37,39)/t31-,32?,33-/m0/s1. The number of piperidine rings is 1. The van der Waals surface area contributed by atoms with Crippen molar-refractivity contribution in [2.24, 2.45) is 17.6 Å². The van der Waals surface area contributed by atoms with Gasteiger partial charge < -0.3 is 21.3 Å². The number of nitrogens with zero attached hydrogens (tertiary/aromatic N) is 1. The summed E-state index contributed by atoms with van der Waals surface area (Å²) in [6.45, 7) is 12.6. The lowest BCUT2D eigenvalue weighted by Crippen LogP contribution is -2.42. The molecule has 1 saturated carbocycles. The second-order valence-corrected chi connectivity index (χ2v) is 12.1. The molecule has 1 heterocycles. The molecule has 0 radical (unpaired) electrons. The van der Waals surface area contributed by atoms with E-state index in [1.54, 1.807) is 0 Å². The van der Waals surface area contributed by atoms with Crippen LogP contribution in [0.5, 0.6) is 0 Å². The molecule has 4 N–H and O–H groups in total. The molecule has 2 aliphatic rings. The number of allylic oxidation sites excluding steroid dienone is 1. The van der Waals surface area contributed by atoms with Crippen LogP contribution in [0.1, 0.15) is 93.9 Å². The normalized spacial score (nSPS) is 20.9. The van der Waals surface area contributed by atoms with Crippen LogP contribution in [0.2, 0.25) is 0 Å². The Morgan fingerprint density at radius 2 is 1.72 bits per heavy atom. The van der Waals surface area contributed by atoms with Crippen molar-refractivity contribution in [3.05, 3.63) is 83.6 Å². The number of benzene rings is 2. The van der Waals surface area contributed by atoms with Gasteiger partial charge in [0.15, 0.2) is 0 Å². The van der Waals surface area contributed by atoms with Crippen LogP contribution in [0, 0.1) is 11.8 Å². The van der Waals surface area contributed by atoms with E-state index in [1.165, 1.54) is 42.5 Å². The molecular formula is C34H50N4O. The Hall–Kier alpha value is -2.63. The fourth-order valence-electron chi connectivity index (χ4n) is 6.37. The van der Waals surface area contributed by atoms with E-state index >= 15 is 0 Å². The van der Waals surface area contributed by atoms with Gasteiger partial charge in [0.25, 0.3) is 0 Å². The van der Waals surface area contributed by atoms with Gasteiger partial charge in [0.2, 0.25) is 5.91 Å². The maximum atomic E-state index is 13.5. The third kappa shape index (κ3) is 8.18. The van der Waals surface area contributed by atoms with E-state index in [1.807, 2.05) is 30.3 Å². The molecule has 0 spiro atoms. The van der Waals surface area contributed by atoms with Gasteiger partial charge in [-0.25, -0.2) is 0 Å². The van der Waals surface area contributed by atoms with Crippen molar-refractivity contribution >= 4 is 5.91 Å². The van der Waals surface area contributed by atoms with Crippen LogP contribution >= 0.6 is 0 Å². The lowest BCUT2D eigenvalue weighted by Gasteiger charge is -2.38. The number of hydrogen-bond donors (Lipinski definition) is 3. The Bertz CT molecular complexity index is 1030.